The molecule has 0 saturated heterocycles. The number of fused-ring (bicyclic) bond motifs is 5. The Labute approximate surface area is 179 Å². The minimum absolute atomic E-state index is 0.227. The molecule has 0 radical (unpaired) electrons. The molecule has 4 aliphatic carbocycles. The quantitative estimate of drug-likeness (QED) is 0.454. The van der Waals surface area contributed by atoms with Crippen molar-refractivity contribution in [3.8, 4) is 0 Å². The van der Waals surface area contributed by atoms with E-state index in [0.717, 1.165) is 36.5 Å². The molecular formula is C28H42O. The molecule has 0 N–H and O–H groups in total. The van der Waals surface area contributed by atoms with E-state index in [0.29, 0.717) is 29.0 Å². The third kappa shape index (κ3) is 3.41. The van der Waals surface area contributed by atoms with Gasteiger partial charge in [-0.05, 0) is 96.0 Å². The van der Waals surface area contributed by atoms with Crippen molar-refractivity contribution < 1.29 is 4.79 Å². The third-order valence-electron chi connectivity index (χ3n) is 9.99. The van der Waals surface area contributed by atoms with Gasteiger partial charge in [-0.2, -0.15) is 0 Å². The highest BCUT2D eigenvalue weighted by molar-refractivity contribution is 5.92. The first-order chi connectivity index (χ1) is 13.7. The fraction of sp³-hybridized carbons (Fsp3) is 0.750. The molecule has 2 saturated carbocycles. The van der Waals surface area contributed by atoms with Gasteiger partial charge in [0.1, 0.15) is 0 Å². The molecular weight excluding hydrogens is 352 g/mol. The summed E-state index contributed by atoms with van der Waals surface area (Å²) in [5, 5.41) is 0. The zero-order valence-electron chi connectivity index (χ0n) is 19.6. The Morgan fingerprint density at radius 1 is 1.00 bits per heavy atom. The van der Waals surface area contributed by atoms with Gasteiger partial charge in [0.2, 0.25) is 0 Å². The second-order valence-corrected chi connectivity index (χ2v) is 11.7. The summed E-state index contributed by atoms with van der Waals surface area (Å²) in [6.07, 6.45) is 19.1. The van der Waals surface area contributed by atoms with Gasteiger partial charge in [0, 0.05) is 6.42 Å². The van der Waals surface area contributed by atoms with E-state index in [9.17, 15) is 4.79 Å². The molecule has 4 rings (SSSR count). The molecule has 0 aromatic heterocycles. The topological polar surface area (TPSA) is 17.1 Å². The number of allylic oxidation sites excluding steroid dienone is 6. The molecule has 0 aromatic carbocycles. The normalized spacial score (nSPS) is 43.7. The predicted octanol–water partition coefficient (Wildman–Crippen LogP) is 7.39. The van der Waals surface area contributed by atoms with Crippen LogP contribution in [0, 0.1) is 52.3 Å². The Kier molecular flexibility index (Phi) is 5.50. The summed E-state index contributed by atoms with van der Waals surface area (Å²) in [5.74, 6) is 5.46. The minimum atomic E-state index is 0.227. The lowest BCUT2D eigenvalue weighted by Gasteiger charge is -2.56. The van der Waals surface area contributed by atoms with E-state index in [1.54, 1.807) is 0 Å². The highest BCUT2D eigenvalue weighted by Gasteiger charge is 2.58. The molecule has 0 bridgehead atoms. The molecule has 1 nitrogen and oxygen atoms in total. The summed E-state index contributed by atoms with van der Waals surface area (Å²) in [6, 6.07) is 0. The fourth-order valence-electron chi connectivity index (χ4n) is 7.61. The van der Waals surface area contributed by atoms with Crippen molar-refractivity contribution in [2.75, 3.05) is 0 Å². The van der Waals surface area contributed by atoms with Crippen LogP contribution < -0.4 is 0 Å². The van der Waals surface area contributed by atoms with E-state index in [1.165, 1.54) is 31.3 Å². The lowest BCUT2D eigenvalue weighted by atomic mass is 9.48. The maximum Gasteiger partial charge on any atom is 0.156 e. The number of hydrogen-bond donors (Lipinski definition) is 0. The number of carbonyl (C=O) groups is 1. The number of hydrogen-bond acceptors (Lipinski definition) is 1. The first-order valence-electron chi connectivity index (χ1n) is 12.3. The summed E-state index contributed by atoms with van der Waals surface area (Å²) in [6.45, 7) is 14.6. The predicted molar refractivity (Wildman–Crippen MR) is 122 cm³/mol. The number of carbonyl (C=O) groups excluding carboxylic acids is 1. The molecule has 0 spiro atoms. The van der Waals surface area contributed by atoms with Gasteiger partial charge >= 0.3 is 0 Å². The van der Waals surface area contributed by atoms with Crippen LogP contribution in [0.15, 0.2) is 36.0 Å². The van der Waals surface area contributed by atoms with E-state index < -0.39 is 0 Å². The Morgan fingerprint density at radius 2 is 1.76 bits per heavy atom. The minimum Gasteiger partial charge on any atom is -0.295 e. The standard InChI is InChI=1S/C28H42O/c1-18(2)19(3)7-8-20(4)24-11-12-25-23-10-9-21-17-22(29)13-15-27(21,5)26(23)14-16-28(24,25)6/h7-10,17-20,23-26H,11-16H2,1-6H3/b8-7+/t19-,20+,23-,24+,25-,26-,27-,28+/m0/s1. The second kappa shape index (κ2) is 7.54. The zero-order valence-corrected chi connectivity index (χ0v) is 19.6. The molecule has 0 heterocycles. The fourth-order valence-corrected chi connectivity index (χ4v) is 7.61. The smallest absolute Gasteiger partial charge is 0.156 e. The summed E-state index contributed by atoms with van der Waals surface area (Å²) in [5.41, 5.74) is 2.02. The van der Waals surface area contributed by atoms with E-state index in [2.05, 4.69) is 65.8 Å². The highest BCUT2D eigenvalue weighted by Crippen LogP contribution is 2.66. The monoisotopic (exact) mass is 394 g/mol. The van der Waals surface area contributed by atoms with Gasteiger partial charge in [-0.3, -0.25) is 4.79 Å². The van der Waals surface area contributed by atoms with Crippen LogP contribution in [-0.4, -0.2) is 5.78 Å². The van der Waals surface area contributed by atoms with Crippen molar-refractivity contribution in [2.45, 2.75) is 80.1 Å². The lowest BCUT2D eigenvalue weighted by Crippen LogP contribution is -2.49. The van der Waals surface area contributed by atoms with Gasteiger partial charge in [0.05, 0.1) is 0 Å². The first-order valence-corrected chi connectivity index (χ1v) is 12.3. The van der Waals surface area contributed by atoms with Crippen LogP contribution in [-0.2, 0) is 4.79 Å². The van der Waals surface area contributed by atoms with Crippen LogP contribution in [0.5, 0.6) is 0 Å². The summed E-state index contributed by atoms with van der Waals surface area (Å²) in [4.78, 5) is 12.0. The van der Waals surface area contributed by atoms with Crippen LogP contribution in [0.25, 0.3) is 0 Å². The summed E-state index contributed by atoms with van der Waals surface area (Å²) >= 11 is 0. The average Bonchev–Trinajstić information content (AvgIpc) is 3.03. The van der Waals surface area contributed by atoms with Crippen LogP contribution in [0.3, 0.4) is 0 Å². The van der Waals surface area contributed by atoms with Crippen LogP contribution in [0.1, 0.15) is 80.1 Å². The van der Waals surface area contributed by atoms with Gasteiger partial charge in [0.25, 0.3) is 0 Å². The molecule has 0 aliphatic heterocycles. The molecule has 2 fully saturated rings. The van der Waals surface area contributed by atoms with Gasteiger partial charge < -0.3 is 0 Å². The maximum atomic E-state index is 12.0. The second-order valence-electron chi connectivity index (χ2n) is 11.7. The van der Waals surface area contributed by atoms with Gasteiger partial charge in [0.15, 0.2) is 5.78 Å². The first kappa shape index (κ1) is 21.1. The molecule has 0 aromatic rings. The van der Waals surface area contributed by atoms with Crippen molar-refractivity contribution in [3.63, 3.8) is 0 Å². The van der Waals surface area contributed by atoms with Gasteiger partial charge in [-0.15, -0.1) is 0 Å². The summed E-state index contributed by atoms with van der Waals surface area (Å²) in [7, 11) is 0. The molecule has 0 amide bonds. The Morgan fingerprint density at radius 3 is 2.48 bits per heavy atom. The summed E-state index contributed by atoms with van der Waals surface area (Å²) < 4.78 is 0. The van der Waals surface area contributed by atoms with Crippen molar-refractivity contribution in [1.82, 2.24) is 0 Å². The SMILES string of the molecule is CC(C)[C@@H](C)/C=C/[C@@H](C)[C@H]1CC[C@H]2[C@@H]3C=CC4=CC(=O)CC[C@]4(C)[C@H]3CC[C@]12C. The van der Waals surface area contributed by atoms with Crippen LogP contribution in [0.2, 0.25) is 0 Å². The van der Waals surface area contributed by atoms with E-state index in [1.807, 2.05) is 6.08 Å². The van der Waals surface area contributed by atoms with Gasteiger partial charge in [-0.25, -0.2) is 0 Å². The number of ketones is 1. The van der Waals surface area contributed by atoms with E-state index in [-0.39, 0.29) is 5.41 Å². The van der Waals surface area contributed by atoms with E-state index in [4.69, 9.17) is 0 Å². The van der Waals surface area contributed by atoms with Crippen molar-refractivity contribution in [1.29, 1.82) is 0 Å². The molecule has 4 aliphatic rings. The van der Waals surface area contributed by atoms with Crippen molar-refractivity contribution in [3.05, 3.63) is 36.0 Å². The molecule has 1 heteroatoms. The molecule has 8 atom stereocenters. The highest BCUT2D eigenvalue weighted by atomic mass is 16.1. The van der Waals surface area contributed by atoms with Crippen LogP contribution in [0.4, 0.5) is 0 Å². The third-order valence-corrected chi connectivity index (χ3v) is 9.99. The molecule has 29 heavy (non-hydrogen) atoms. The Balaban J connectivity index is 1.57. The lowest BCUT2D eigenvalue weighted by molar-refractivity contribution is -0.116. The number of rotatable bonds is 4. The largest absolute Gasteiger partial charge is 0.295 e. The average molecular weight is 395 g/mol. The van der Waals surface area contributed by atoms with Crippen LogP contribution >= 0.6 is 0 Å². The molecule has 0 unspecified atom stereocenters. The van der Waals surface area contributed by atoms with Crippen molar-refractivity contribution in [2.24, 2.45) is 52.3 Å². The Hall–Kier alpha value is -1.11. The van der Waals surface area contributed by atoms with E-state index >= 15 is 0 Å². The van der Waals surface area contributed by atoms with Crippen molar-refractivity contribution >= 4 is 5.78 Å². The van der Waals surface area contributed by atoms with Gasteiger partial charge in [-0.1, -0.05) is 65.8 Å². The zero-order chi connectivity index (χ0) is 21.0. The Bertz CT molecular complexity index is 739. The molecule has 160 valence electrons. The maximum absolute atomic E-state index is 12.0.